The fourth-order valence-electron chi connectivity index (χ4n) is 4.72. The van der Waals surface area contributed by atoms with Crippen molar-refractivity contribution in [3.63, 3.8) is 0 Å². The van der Waals surface area contributed by atoms with Gasteiger partial charge in [-0.3, -0.25) is 24.1 Å². The molecule has 2 atom stereocenters. The van der Waals surface area contributed by atoms with Gasteiger partial charge in [0.1, 0.15) is 16.9 Å². The zero-order chi connectivity index (χ0) is 24.5. The van der Waals surface area contributed by atoms with Crippen molar-refractivity contribution >= 4 is 51.3 Å². The molecule has 2 heterocycles. The van der Waals surface area contributed by atoms with Crippen LogP contribution < -0.4 is 10.1 Å². The van der Waals surface area contributed by atoms with Crippen molar-refractivity contribution in [3.05, 3.63) is 48.6 Å². The molecule has 5 rings (SSSR count). The summed E-state index contributed by atoms with van der Waals surface area (Å²) in [5.74, 6) is -1.97. The number of anilines is 1. The molecule has 1 N–H and O–H groups in total. The zero-order valence-electron chi connectivity index (χ0n) is 19.1. The van der Waals surface area contributed by atoms with Crippen LogP contribution in [-0.2, 0) is 23.9 Å². The van der Waals surface area contributed by atoms with Gasteiger partial charge >= 0.3 is 5.97 Å². The third-order valence-corrected chi connectivity index (χ3v) is 6.48. The number of amides is 3. The summed E-state index contributed by atoms with van der Waals surface area (Å²) in [4.78, 5) is 50.7. The number of esters is 1. The topological polar surface area (TPSA) is 115 Å². The number of allylic oxidation sites excluding steroid dienone is 2. The van der Waals surface area contributed by atoms with Crippen molar-refractivity contribution in [2.75, 3.05) is 25.6 Å². The maximum Gasteiger partial charge on any atom is 0.308 e. The number of carbonyl (C=O) groups is 4. The highest BCUT2D eigenvalue weighted by Gasteiger charge is 2.46. The molecule has 0 radical (unpaired) electrons. The van der Waals surface area contributed by atoms with Crippen LogP contribution in [0.4, 0.5) is 5.69 Å². The van der Waals surface area contributed by atoms with E-state index in [9.17, 15) is 19.2 Å². The first-order valence-electron chi connectivity index (χ1n) is 11.4. The number of fused-ring (bicyclic) bond motifs is 4. The Labute approximate surface area is 200 Å². The number of para-hydroxylation sites is 1. The van der Waals surface area contributed by atoms with Crippen LogP contribution in [0.1, 0.15) is 19.3 Å². The first kappa shape index (κ1) is 22.6. The largest absolute Gasteiger partial charge is 0.495 e. The number of hydrogen-bond donors (Lipinski definition) is 1. The summed E-state index contributed by atoms with van der Waals surface area (Å²) in [6, 6.07) is 11.0. The van der Waals surface area contributed by atoms with Gasteiger partial charge in [-0.1, -0.05) is 30.4 Å². The van der Waals surface area contributed by atoms with E-state index in [0.29, 0.717) is 35.4 Å². The van der Waals surface area contributed by atoms with E-state index in [1.165, 1.54) is 7.11 Å². The van der Waals surface area contributed by atoms with Gasteiger partial charge in [0.05, 0.1) is 31.1 Å². The number of imide groups is 1. The molecule has 9 nitrogen and oxygen atoms in total. The SMILES string of the molecule is COc1cc2c(cc1NC(=O)COC(=O)CCN1C(=O)[C@H]3CC=CC[C@H]3C1=O)oc1ccccc12. The van der Waals surface area contributed by atoms with Crippen LogP contribution in [0, 0.1) is 11.8 Å². The van der Waals surface area contributed by atoms with E-state index in [2.05, 4.69) is 5.32 Å². The molecule has 3 amide bonds. The Morgan fingerprint density at radius 1 is 1.03 bits per heavy atom. The Morgan fingerprint density at radius 2 is 1.74 bits per heavy atom. The summed E-state index contributed by atoms with van der Waals surface area (Å²) in [5, 5.41) is 4.45. The fourth-order valence-corrected chi connectivity index (χ4v) is 4.72. The number of furan rings is 1. The molecule has 3 aromatic rings. The van der Waals surface area contributed by atoms with Crippen molar-refractivity contribution in [1.82, 2.24) is 4.90 Å². The van der Waals surface area contributed by atoms with E-state index in [4.69, 9.17) is 13.9 Å². The van der Waals surface area contributed by atoms with Crippen LogP contribution in [-0.4, -0.2) is 48.9 Å². The molecule has 1 aliphatic carbocycles. The van der Waals surface area contributed by atoms with Gasteiger partial charge in [0, 0.05) is 23.4 Å². The number of nitrogens with one attached hydrogen (secondary N) is 1. The van der Waals surface area contributed by atoms with Gasteiger partial charge in [-0.15, -0.1) is 0 Å². The van der Waals surface area contributed by atoms with Crippen molar-refractivity contribution < 1.29 is 33.1 Å². The zero-order valence-corrected chi connectivity index (χ0v) is 19.1. The second-order valence-electron chi connectivity index (χ2n) is 8.59. The number of ether oxygens (including phenoxy) is 2. The first-order valence-corrected chi connectivity index (χ1v) is 11.4. The summed E-state index contributed by atoms with van der Waals surface area (Å²) >= 11 is 0. The molecule has 0 unspecified atom stereocenters. The van der Waals surface area contributed by atoms with E-state index < -0.39 is 18.5 Å². The van der Waals surface area contributed by atoms with Gasteiger partial charge < -0.3 is 19.2 Å². The average molecular weight is 476 g/mol. The molecule has 1 aromatic heterocycles. The summed E-state index contributed by atoms with van der Waals surface area (Å²) < 4.78 is 16.3. The number of nitrogens with zero attached hydrogens (tertiary/aromatic N) is 1. The third kappa shape index (κ3) is 4.25. The molecule has 2 aromatic carbocycles. The van der Waals surface area contributed by atoms with Crippen molar-refractivity contribution in [2.24, 2.45) is 11.8 Å². The Balaban J connectivity index is 1.17. The first-order chi connectivity index (χ1) is 17.0. The minimum atomic E-state index is -0.673. The van der Waals surface area contributed by atoms with Gasteiger partial charge in [-0.2, -0.15) is 0 Å². The average Bonchev–Trinajstić information content (AvgIpc) is 3.35. The van der Waals surface area contributed by atoms with Crippen molar-refractivity contribution in [2.45, 2.75) is 19.3 Å². The number of hydrogen-bond acceptors (Lipinski definition) is 7. The molecule has 1 saturated heterocycles. The molecular formula is C26H24N2O7. The molecule has 1 fully saturated rings. The maximum absolute atomic E-state index is 12.5. The predicted octanol–water partition coefficient (Wildman–Crippen LogP) is 3.42. The Kier molecular flexibility index (Phi) is 5.98. The second kappa shape index (κ2) is 9.25. The lowest BCUT2D eigenvalue weighted by Crippen LogP contribution is -2.33. The lowest BCUT2D eigenvalue weighted by atomic mass is 9.85. The number of methoxy groups -OCH3 is 1. The Bertz CT molecular complexity index is 1350. The molecule has 0 spiro atoms. The van der Waals surface area contributed by atoms with Crippen LogP contribution >= 0.6 is 0 Å². The quantitative estimate of drug-likeness (QED) is 0.316. The van der Waals surface area contributed by atoms with Gasteiger partial charge in [-0.05, 0) is 25.0 Å². The third-order valence-electron chi connectivity index (χ3n) is 6.48. The maximum atomic E-state index is 12.5. The Hall–Kier alpha value is -4.14. The normalized spacial score (nSPS) is 19.3. The minimum absolute atomic E-state index is 0.0539. The monoisotopic (exact) mass is 476 g/mol. The van der Waals surface area contributed by atoms with Gasteiger partial charge in [0.2, 0.25) is 11.8 Å². The van der Waals surface area contributed by atoms with E-state index in [0.717, 1.165) is 15.7 Å². The smallest absolute Gasteiger partial charge is 0.308 e. The second-order valence-corrected chi connectivity index (χ2v) is 8.59. The minimum Gasteiger partial charge on any atom is -0.495 e. The van der Waals surface area contributed by atoms with Gasteiger partial charge in [-0.25, -0.2) is 0 Å². The number of benzene rings is 2. The Morgan fingerprint density at radius 3 is 2.46 bits per heavy atom. The molecule has 2 aliphatic rings. The molecule has 0 saturated carbocycles. The molecular weight excluding hydrogens is 452 g/mol. The lowest BCUT2D eigenvalue weighted by molar-refractivity contribution is -0.148. The van der Waals surface area contributed by atoms with Crippen LogP contribution in [0.25, 0.3) is 21.9 Å². The highest BCUT2D eigenvalue weighted by molar-refractivity contribution is 6.08. The molecule has 180 valence electrons. The van der Waals surface area contributed by atoms with Crippen LogP contribution in [0.5, 0.6) is 5.75 Å². The number of rotatable bonds is 7. The van der Waals surface area contributed by atoms with Gasteiger partial charge in [0.15, 0.2) is 6.61 Å². The molecule has 9 heteroatoms. The number of carbonyl (C=O) groups excluding carboxylic acids is 4. The fraction of sp³-hybridized carbons (Fsp3) is 0.308. The molecule has 35 heavy (non-hydrogen) atoms. The molecule has 1 aliphatic heterocycles. The highest BCUT2D eigenvalue weighted by Crippen LogP contribution is 2.37. The van der Waals surface area contributed by atoms with Gasteiger partial charge in [0.25, 0.3) is 5.91 Å². The van der Waals surface area contributed by atoms with E-state index in [-0.39, 0.29) is 36.6 Å². The lowest BCUT2D eigenvalue weighted by Gasteiger charge is -2.14. The van der Waals surface area contributed by atoms with Crippen LogP contribution in [0.3, 0.4) is 0 Å². The van der Waals surface area contributed by atoms with E-state index in [1.54, 1.807) is 12.1 Å². The van der Waals surface area contributed by atoms with E-state index in [1.807, 2.05) is 36.4 Å². The summed E-state index contributed by atoms with van der Waals surface area (Å²) in [5.41, 5.74) is 1.67. The van der Waals surface area contributed by atoms with Crippen LogP contribution in [0.15, 0.2) is 53.0 Å². The van der Waals surface area contributed by atoms with Crippen molar-refractivity contribution in [1.29, 1.82) is 0 Å². The highest BCUT2D eigenvalue weighted by atomic mass is 16.5. The van der Waals surface area contributed by atoms with Crippen molar-refractivity contribution in [3.8, 4) is 5.75 Å². The summed E-state index contributed by atoms with van der Waals surface area (Å²) in [7, 11) is 1.49. The standard InChI is InChI=1S/C26H24N2O7/c1-33-22-12-18-15-6-4-5-9-20(15)35-21(18)13-19(22)27-23(29)14-34-24(30)10-11-28-25(31)16-7-2-3-8-17(16)26(28)32/h2-6,9,12-13,16-17H,7-8,10-11,14H2,1H3,(H,27,29)/t16-,17+. The predicted molar refractivity (Wildman–Crippen MR) is 127 cm³/mol. The molecule has 0 bridgehead atoms. The summed E-state index contributed by atoms with van der Waals surface area (Å²) in [6.07, 6.45) is 4.72. The number of likely N-dealkylation sites (tertiary alicyclic amines) is 1. The van der Waals surface area contributed by atoms with Crippen LogP contribution in [0.2, 0.25) is 0 Å². The van der Waals surface area contributed by atoms with E-state index >= 15 is 0 Å². The summed E-state index contributed by atoms with van der Waals surface area (Å²) in [6.45, 7) is -0.571.